The number of ether oxygens (including phenoxy) is 1. The fourth-order valence-corrected chi connectivity index (χ4v) is 1.84. The number of halogens is 1. The lowest BCUT2D eigenvalue weighted by Crippen LogP contribution is -2.04. The first-order valence-electron chi connectivity index (χ1n) is 6.12. The summed E-state index contributed by atoms with van der Waals surface area (Å²) in [5, 5.41) is 9.16. The lowest BCUT2D eigenvalue weighted by atomic mass is 9.98. The second-order valence-electron chi connectivity index (χ2n) is 4.19. The van der Waals surface area contributed by atoms with Crippen molar-refractivity contribution in [1.29, 1.82) is 5.26 Å². The van der Waals surface area contributed by atoms with Crippen LogP contribution >= 0.6 is 0 Å². The van der Waals surface area contributed by atoms with Gasteiger partial charge in [0.25, 0.3) is 0 Å². The van der Waals surface area contributed by atoms with Gasteiger partial charge in [-0.25, -0.2) is 4.39 Å². The van der Waals surface area contributed by atoms with Gasteiger partial charge in [0.05, 0.1) is 18.6 Å². The Bertz CT molecular complexity index is 562. The van der Waals surface area contributed by atoms with E-state index in [0.717, 1.165) is 5.56 Å². The van der Waals surface area contributed by atoms with Gasteiger partial charge in [-0.1, -0.05) is 36.4 Å². The highest BCUT2D eigenvalue weighted by Crippen LogP contribution is 2.19. The Morgan fingerprint density at radius 2 is 1.89 bits per heavy atom. The number of hydrogen-bond acceptors (Lipinski definition) is 2. The van der Waals surface area contributed by atoms with Gasteiger partial charge in [0, 0.05) is 12.5 Å². The summed E-state index contributed by atoms with van der Waals surface area (Å²) >= 11 is 0. The molecule has 96 valence electrons. The van der Waals surface area contributed by atoms with E-state index in [1.165, 1.54) is 12.1 Å². The van der Waals surface area contributed by atoms with Crippen LogP contribution in [0.25, 0.3) is 0 Å². The fraction of sp³-hybridized carbons (Fsp3) is 0.188. The van der Waals surface area contributed by atoms with E-state index < -0.39 is 0 Å². The first kappa shape index (κ1) is 13.1. The van der Waals surface area contributed by atoms with E-state index in [-0.39, 0.29) is 11.7 Å². The summed E-state index contributed by atoms with van der Waals surface area (Å²) in [4.78, 5) is 0. The van der Waals surface area contributed by atoms with Gasteiger partial charge in [-0.15, -0.1) is 0 Å². The molecular formula is C16H14FNO. The van der Waals surface area contributed by atoms with Crippen LogP contribution < -0.4 is 4.74 Å². The molecule has 0 amide bonds. The van der Waals surface area contributed by atoms with Crippen LogP contribution in [0.2, 0.25) is 0 Å². The Hall–Kier alpha value is -2.34. The van der Waals surface area contributed by atoms with Crippen molar-refractivity contribution >= 4 is 0 Å². The second kappa shape index (κ2) is 6.55. The maximum absolute atomic E-state index is 13.0. The summed E-state index contributed by atoms with van der Waals surface area (Å²) in [6.07, 6.45) is 0.580. The summed E-state index contributed by atoms with van der Waals surface area (Å²) < 4.78 is 18.4. The van der Waals surface area contributed by atoms with Crippen molar-refractivity contribution in [1.82, 2.24) is 0 Å². The molecule has 0 spiro atoms. The molecule has 0 saturated carbocycles. The minimum Gasteiger partial charge on any atom is -0.493 e. The second-order valence-corrected chi connectivity index (χ2v) is 4.19. The number of nitrogens with zero attached hydrogens (tertiary/aromatic N) is 1. The average molecular weight is 255 g/mol. The molecule has 3 heteroatoms. The predicted octanol–water partition coefficient (Wildman–Crippen LogP) is 3.90. The molecule has 0 aliphatic carbocycles. The lowest BCUT2D eigenvalue weighted by molar-refractivity contribution is 0.304. The van der Waals surface area contributed by atoms with Crippen molar-refractivity contribution in [3.8, 4) is 11.8 Å². The molecule has 0 heterocycles. The van der Waals surface area contributed by atoms with E-state index >= 15 is 0 Å². The van der Waals surface area contributed by atoms with E-state index in [0.29, 0.717) is 18.8 Å². The Balaban J connectivity index is 1.90. The standard InChI is InChI=1S/C16H14FNO/c17-15-7-4-8-16(11-15)19-10-9-14(12-18)13-5-2-1-3-6-13/h1-8,11,14H,9-10H2. The summed E-state index contributed by atoms with van der Waals surface area (Å²) in [5.41, 5.74) is 0.979. The van der Waals surface area contributed by atoms with Gasteiger partial charge in [-0.05, 0) is 17.7 Å². The van der Waals surface area contributed by atoms with Crippen molar-refractivity contribution in [2.24, 2.45) is 0 Å². The molecule has 2 rings (SSSR count). The summed E-state index contributed by atoms with van der Waals surface area (Å²) in [6, 6.07) is 17.9. The Morgan fingerprint density at radius 3 is 2.58 bits per heavy atom. The molecule has 0 aromatic heterocycles. The highest BCUT2D eigenvalue weighted by molar-refractivity contribution is 5.25. The smallest absolute Gasteiger partial charge is 0.126 e. The Morgan fingerprint density at radius 1 is 1.11 bits per heavy atom. The number of nitriles is 1. The molecule has 0 N–H and O–H groups in total. The number of hydrogen-bond donors (Lipinski definition) is 0. The van der Waals surface area contributed by atoms with Gasteiger partial charge < -0.3 is 4.74 Å². The fourth-order valence-electron chi connectivity index (χ4n) is 1.84. The molecular weight excluding hydrogens is 241 g/mol. The van der Waals surface area contributed by atoms with E-state index in [2.05, 4.69) is 6.07 Å². The topological polar surface area (TPSA) is 33.0 Å². The molecule has 0 fully saturated rings. The van der Waals surface area contributed by atoms with E-state index in [1.807, 2.05) is 30.3 Å². The van der Waals surface area contributed by atoms with Crippen LogP contribution in [0.1, 0.15) is 17.9 Å². The largest absolute Gasteiger partial charge is 0.493 e. The van der Waals surface area contributed by atoms with E-state index in [9.17, 15) is 4.39 Å². The third kappa shape index (κ3) is 3.82. The third-order valence-corrected chi connectivity index (χ3v) is 2.83. The van der Waals surface area contributed by atoms with Crippen molar-refractivity contribution in [2.45, 2.75) is 12.3 Å². The highest BCUT2D eigenvalue weighted by atomic mass is 19.1. The van der Waals surface area contributed by atoms with Crippen LogP contribution in [0.5, 0.6) is 5.75 Å². The average Bonchev–Trinajstić information content (AvgIpc) is 2.45. The van der Waals surface area contributed by atoms with Crippen molar-refractivity contribution in [3.05, 3.63) is 66.0 Å². The molecule has 1 atom stereocenters. The molecule has 2 nitrogen and oxygen atoms in total. The molecule has 0 bridgehead atoms. The first-order chi connectivity index (χ1) is 9.29. The minimum atomic E-state index is -0.322. The zero-order valence-electron chi connectivity index (χ0n) is 10.4. The van der Waals surface area contributed by atoms with E-state index in [1.54, 1.807) is 12.1 Å². The Labute approximate surface area is 112 Å². The van der Waals surface area contributed by atoms with Gasteiger partial charge in [-0.3, -0.25) is 0 Å². The molecule has 2 aromatic carbocycles. The lowest BCUT2D eigenvalue weighted by Gasteiger charge is -2.10. The molecule has 0 radical (unpaired) electrons. The molecule has 0 aliphatic rings. The van der Waals surface area contributed by atoms with Gasteiger partial charge >= 0.3 is 0 Å². The Kier molecular flexibility index (Phi) is 4.52. The minimum absolute atomic E-state index is 0.199. The number of benzene rings is 2. The first-order valence-corrected chi connectivity index (χ1v) is 6.12. The van der Waals surface area contributed by atoms with Crippen LogP contribution in [-0.4, -0.2) is 6.61 Å². The molecule has 0 saturated heterocycles. The van der Waals surface area contributed by atoms with Crippen LogP contribution in [-0.2, 0) is 0 Å². The zero-order chi connectivity index (χ0) is 13.5. The van der Waals surface area contributed by atoms with Crippen molar-refractivity contribution in [3.63, 3.8) is 0 Å². The highest BCUT2D eigenvalue weighted by Gasteiger charge is 2.10. The quantitative estimate of drug-likeness (QED) is 0.811. The van der Waals surface area contributed by atoms with Crippen LogP contribution in [0, 0.1) is 17.1 Å². The van der Waals surface area contributed by atoms with E-state index in [4.69, 9.17) is 10.00 Å². The molecule has 19 heavy (non-hydrogen) atoms. The SMILES string of the molecule is N#CC(CCOc1cccc(F)c1)c1ccccc1. The van der Waals surface area contributed by atoms with Crippen molar-refractivity contribution < 1.29 is 9.13 Å². The zero-order valence-corrected chi connectivity index (χ0v) is 10.4. The van der Waals surface area contributed by atoms with Crippen LogP contribution in [0.3, 0.4) is 0 Å². The molecule has 1 unspecified atom stereocenters. The van der Waals surface area contributed by atoms with Crippen LogP contribution in [0.15, 0.2) is 54.6 Å². The van der Waals surface area contributed by atoms with Gasteiger partial charge in [0.15, 0.2) is 0 Å². The normalized spacial score (nSPS) is 11.6. The van der Waals surface area contributed by atoms with Crippen LogP contribution in [0.4, 0.5) is 4.39 Å². The predicted molar refractivity (Wildman–Crippen MR) is 71.3 cm³/mol. The molecule has 2 aromatic rings. The maximum atomic E-state index is 13.0. The van der Waals surface area contributed by atoms with Gasteiger partial charge in [-0.2, -0.15) is 5.26 Å². The van der Waals surface area contributed by atoms with Gasteiger partial charge in [0.1, 0.15) is 11.6 Å². The number of rotatable bonds is 5. The molecule has 0 aliphatic heterocycles. The van der Waals surface area contributed by atoms with Gasteiger partial charge in [0.2, 0.25) is 0 Å². The van der Waals surface area contributed by atoms with Crippen molar-refractivity contribution in [2.75, 3.05) is 6.61 Å². The summed E-state index contributed by atoms with van der Waals surface area (Å²) in [5.74, 6) is -0.0306. The maximum Gasteiger partial charge on any atom is 0.126 e. The third-order valence-electron chi connectivity index (χ3n) is 2.83. The summed E-state index contributed by atoms with van der Waals surface area (Å²) in [6.45, 7) is 0.385. The monoisotopic (exact) mass is 255 g/mol. The summed E-state index contributed by atoms with van der Waals surface area (Å²) in [7, 11) is 0.